The van der Waals surface area contributed by atoms with Crippen LogP contribution in [0, 0.1) is 5.92 Å². The third-order valence-electron chi connectivity index (χ3n) is 6.92. The molecule has 2 aromatic carbocycles. The van der Waals surface area contributed by atoms with Gasteiger partial charge in [0.1, 0.15) is 5.75 Å². The van der Waals surface area contributed by atoms with E-state index in [9.17, 15) is 22.8 Å². The second kappa shape index (κ2) is 10.8. The Morgan fingerprint density at radius 1 is 0.971 bits per heavy atom. The molecule has 4 rings (SSSR count). The van der Waals surface area contributed by atoms with Crippen molar-refractivity contribution in [3.63, 3.8) is 0 Å². The van der Waals surface area contributed by atoms with Crippen LogP contribution in [0.4, 0.5) is 18.9 Å². The molecule has 8 heteroatoms. The van der Waals surface area contributed by atoms with E-state index in [4.69, 9.17) is 4.74 Å². The number of hydrogen-bond donors (Lipinski definition) is 0. The van der Waals surface area contributed by atoms with Crippen LogP contribution in [-0.4, -0.2) is 43.0 Å². The molecule has 2 aliphatic heterocycles. The summed E-state index contributed by atoms with van der Waals surface area (Å²) in [6.45, 7) is 5.37. The first-order valence-electron chi connectivity index (χ1n) is 12.2. The fraction of sp³-hybridized carbons (Fsp3) is 0.481. The molecule has 35 heavy (non-hydrogen) atoms. The van der Waals surface area contributed by atoms with E-state index in [0.29, 0.717) is 18.0 Å². The lowest BCUT2D eigenvalue weighted by atomic mass is 9.80. The van der Waals surface area contributed by atoms with Crippen molar-refractivity contribution in [3.8, 4) is 5.75 Å². The lowest BCUT2D eigenvalue weighted by Crippen LogP contribution is -2.42. The smallest absolute Gasteiger partial charge is 0.416 e. The maximum atomic E-state index is 12.9. The predicted octanol–water partition coefficient (Wildman–Crippen LogP) is 5.64. The minimum atomic E-state index is -4.37. The van der Waals surface area contributed by atoms with Crippen molar-refractivity contribution in [2.75, 3.05) is 31.1 Å². The van der Waals surface area contributed by atoms with E-state index in [-0.39, 0.29) is 36.5 Å². The fourth-order valence-electron chi connectivity index (χ4n) is 4.98. The first kappa shape index (κ1) is 25.2. The summed E-state index contributed by atoms with van der Waals surface area (Å²) in [6, 6.07) is 12.4. The molecule has 0 spiro atoms. The van der Waals surface area contributed by atoms with E-state index in [1.165, 1.54) is 17.0 Å². The first-order chi connectivity index (χ1) is 16.8. The number of likely N-dealkylation sites (tertiary alicyclic amines) is 1. The Bertz CT molecular complexity index is 1010. The third-order valence-corrected chi connectivity index (χ3v) is 6.92. The number of halogens is 3. The molecule has 5 nitrogen and oxygen atoms in total. The first-order valence-corrected chi connectivity index (χ1v) is 12.2. The van der Waals surface area contributed by atoms with Crippen LogP contribution < -0.4 is 9.64 Å². The summed E-state index contributed by atoms with van der Waals surface area (Å²) in [5, 5.41) is 0. The number of hydrogen-bond acceptors (Lipinski definition) is 4. The molecule has 2 atom stereocenters. The molecule has 2 heterocycles. The minimum absolute atomic E-state index is 0.156. The molecule has 0 radical (unpaired) electrons. The highest BCUT2D eigenvalue weighted by atomic mass is 19.4. The summed E-state index contributed by atoms with van der Waals surface area (Å²) in [5.74, 6) is 0.443. The second-order valence-corrected chi connectivity index (χ2v) is 9.36. The maximum absolute atomic E-state index is 12.9. The Labute approximate surface area is 203 Å². The van der Waals surface area contributed by atoms with E-state index in [1.807, 2.05) is 24.3 Å². The van der Waals surface area contributed by atoms with Crippen molar-refractivity contribution < 1.29 is 27.5 Å². The SMILES string of the molecule is CCCCN1CCC(c2ccc(N3C(=O)CCC3=O)cc2)C(COc2ccc(C(F)(F)F)cc2)C1. The number of rotatable bonds is 8. The molecule has 2 unspecified atom stereocenters. The predicted molar refractivity (Wildman–Crippen MR) is 127 cm³/mol. The highest BCUT2D eigenvalue weighted by molar-refractivity contribution is 6.19. The second-order valence-electron chi connectivity index (χ2n) is 9.36. The summed E-state index contributed by atoms with van der Waals surface area (Å²) in [7, 11) is 0. The van der Waals surface area contributed by atoms with Crippen molar-refractivity contribution >= 4 is 17.5 Å². The zero-order valence-corrected chi connectivity index (χ0v) is 19.9. The van der Waals surface area contributed by atoms with E-state index in [0.717, 1.165) is 56.6 Å². The third kappa shape index (κ3) is 6.04. The number of anilines is 1. The maximum Gasteiger partial charge on any atom is 0.416 e. The van der Waals surface area contributed by atoms with Crippen LogP contribution in [0.25, 0.3) is 0 Å². The monoisotopic (exact) mass is 488 g/mol. The van der Waals surface area contributed by atoms with Crippen LogP contribution in [0.2, 0.25) is 0 Å². The number of unbranched alkanes of at least 4 members (excludes halogenated alkanes) is 1. The molecule has 2 amide bonds. The van der Waals surface area contributed by atoms with Gasteiger partial charge in [-0.25, -0.2) is 0 Å². The van der Waals surface area contributed by atoms with E-state index in [1.54, 1.807) is 0 Å². The largest absolute Gasteiger partial charge is 0.493 e. The molecular weight excluding hydrogens is 457 g/mol. The van der Waals surface area contributed by atoms with Crippen molar-refractivity contribution in [1.82, 2.24) is 4.90 Å². The average molecular weight is 489 g/mol. The minimum Gasteiger partial charge on any atom is -0.493 e. The van der Waals surface area contributed by atoms with Crippen LogP contribution in [-0.2, 0) is 15.8 Å². The Balaban J connectivity index is 1.47. The van der Waals surface area contributed by atoms with Crippen molar-refractivity contribution in [2.24, 2.45) is 5.92 Å². The zero-order valence-electron chi connectivity index (χ0n) is 19.9. The van der Waals surface area contributed by atoms with Crippen LogP contribution in [0.15, 0.2) is 48.5 Å². The fourth-order valence-corrected chi connectivity index (χ4v) is 4.98. The quantitative estimate of drug-likeness (QED) is 0.451. The molecule has 0 aliphatic carbocycles. The molecule has 2 saturated heterocycles. The summed E-state index contributed by atoms with van der Waals surface area (Å²) >= 11 is 0. The molecule has 2 fully saturated rings. The molecule has 2 aromatic rings. The standard InChI is InChI=1S/C27H31F3N2O3/c1-2-3-15-31-16-14-24(19-4-8-22(9-5-19)32-25(33)12-13-26(32)34)20(17-31)18-35-23-10-6-21(7-11-23)27(28,29)30/h4-11,20,24H,2-3,12-18H2,1H3. The molecule has 0 saturated carbocycles. The van der Waals surface area contributed by atoms with Gasteiger partial charge in [-0.05, 0) is 73.8 Å². The number of piperidine rings is 1. The zero-order chi connectivity index (χ0) is 25.0. The number of amides is 2. The molecule has 2 aliphatic rings. The van der Waals surface area contributed by atoms with Gasteiger partial charge in [-0.3, -0.25) is 14.5 Å². The van der Waals surface area contributed by atoms with Gasteiger partial charge in [0.25, 0.3) is 0 Å². The van der Waals surface area contributed by atoms with Gasteiger partial charge in [-0.2, -0.15) is 13.2 Å². The molecular formula is C27H31F3N2O3. The van der Waals surface area contributed by atoms with Crippen molar-refractivity contribution in [2.45, 2.75) is 51.1 Å². The van der Waals surface area contributed by atoms with Crippen LogP contribution in [0.1, 0.15) is 56.1 Å². The van der Waals surface area contributed by atoms with E-state index in [2.05, 4.69) is 11.8 Å². The topological polar surface area (TPSA) is 49.9 Å². The van der Waals surface area contributed by atoms with Gasteiger partial charge in [0.05, 0.1) is 17.9 Å². The lowest BCUT2D eigenvalue weighted by molar-refractivity contribution is -0.137. The van der Waals surface area contributed by atoms with Gasteiger partial charge in [0.15, 0.2) is 0 Å². The van der Waals surface area contributed by atoms with Crippen LogP contribution >= 0.6 is 0 Å². The number of benzene rings is 2. The Morgan fingerprint density at radius 2 is 1.63 bits per heavy atom. The van der Waals surface area contributed by atoms with Gasteiger partial charge in [-0.1, -0.05) is 25.5 Å². The Kier molecular flexibility index (Phi) is 7.79. The van der Waals surface area contributed by atoms with Crippen molar-refractivity contribution in [3.05, 3.63) is 59.7 Å². The summed E-state index contributed by atoms with van der Waals surface area (Å²) in [5.41, 5.74) is 1.02. The lowest BCUT2D eigenvalue weighted by Gasteiger charge is -2.39. The summed E-state index contributed by atoms with van der Waals surface area (Å²) in [6.07, 6.45) is -0.707. The van der Waals surface area contributed by atoms with Gasteiger partial charge in [0.2, 0.25) is 11.8 Å². The van der Waals surface area contributed by atoms with Gasteiger partial charge in [0, 0.05) is 25.3 Å². The van der Waals surface area contributed by atoms with Crippen LogP contribution in [0.3, 0.4) is 0 Å². The Morgan fingerprint density at radius 3 is 2.23 bits per heavy atom. The van der Waals surface area contributed by atoms with Gasteiger partial charge < -0.3 is 9.64 Å². The van der Waals surface area contributed by atoms with E-state index < -0.39 is 11.7 Å². The number of nitrogens with zero attached hydrogens (tertiary/aromatic N) is 2. The van der Waals surface area contributed by atoms with E-state index >= 15 is 0 Å². The Hall–Kier alpha value is -2.87. The number of ether oxygens (including phenoxy) is 1. The number of imide groups is 1. The number of carbonyl (C=O) groups excluding carboxylic acids is 2. The molecule has 0 bridgehead atoms. The van der Waals surface area contributed by atoms with Crippen LogP contribution in [0.5, 0.6) is 5.75 Å². The summed E-state index contributed by atoms with van der Waals surface area (Å²) < 4.78 is 44.5. The number of alkyl halides is 3. The van der Waals surface area contributed by atoms with Gasteiger partial charge >= 0.3 is 6.18 Å². The van der Waals surface area contributed by atoms with Gasteiger partial charge in [-0.15, -0.1) is 0 Å². The highest BCUT2D eigenvalue weighted by Gasteiger charge is 2.33. The average Bonchev–Trinajstić information content (AvgIpc) is 3.19. The molecule has 0 N–H and O–H groups in total. The van der Waals surface area contributed by atoms with Crippen molar-refractivity contribution in [1.29, 1.82) is 0 Å². The summed E-state index contributed by atoms with van der Waals surface area (Å²) in [4.78, 5) is 27.8. The molecule has 188 valence electrons. The normalized spacial score (nSPS) is 21.5. The molecule has 0 aromatic heterocycles. The number of carbonyl (C=O) groups is 2. The highest BCUT2D eigenvalue weighted by Crippen LogP contribution is 2.36.